The van der Waals surface area contributed by atoms with E-state index in [-0.39, 0.29) is 5.75 Å². The van der Waals surface area contributed by atoms with Gasteiger partial charge in [-0.15, -0.1) is 0 Å². The van der Waals surface area contributed by atoms with Crippen LogP contribution >= 0.6 is 0 Å². The van der Waals surface area contributed by atoms with Crippen LogP contribution in [0.1, 0.15) is 11.1 Å². The van der Waals surface area contributed by atoms with E-state index in [1.807, 2.05) is 6.07 Å². The lowest BCUT2D eigenvalue weighted by Gasteiger charge is -2.08. The van der Waals surface area contributed by atoms with E-state index in [9.17, 15) is 0 Å². The molecule has 0 heterocycles. The lowest BCUT2D eigenvalue weighted by Crippen LogP contribution is -1.97. The van der Waals surface area contributed by atoms with Crippen LogP contribution in [0, 0.1) is 11.3 Å². The lowest BCUT2D eigenvalue weighted by molar-refractivity contribution is 0.304. The van der Waals surface area contributed by atoms with Crippen molar-refractivity contribution in [1.82, 2.24) is 0 Å². The van der Waals surface area contributed by atoms with Crippen LogP contribution in [0.25, 0.3) is 0 Å². The molecule has 0 fully saturated rings. The minimum absolute atomic E-state index is 0.201. The smallest absolute Gasteiger partial charge is 0.137 e. The van der Waals surface area contributed by atoms with Crippen molar-refractivity contribution in [2.45, 2.75) is 6.61 Å². The second-order valence-electron chi connectivity index (χ2n) is 3.93. The molecule has 2 rings (SSSR count). The van der Waals surface area contributed by atoms with Crippen LogP contribution in [-0.2, 0) is 6.61 Å². The largest absolute Gasteiger partial charge is 0.508 e. The van der Waals surface area contributed by atoms with E-state index in [1.165, 1.54) is 7.11 Å². The first-order chi connectivity index (χ1) is 9.22. The number of nitriles is 1. The van der Waals surface area contributed by atoms with Gasteiger partial charge in [0.1, 0.15) is 29.9 Å². The van der Waals surface area contributed by atoms with Crippen molar-refractivity contribution in [3.8, 4) is 23.3 Å². The van der Waals surface area contributed by atoms with Crippen LogP contribution in [0.5, 0.6) is 17.2 Å². The summed E-state index contributed by atoms with van der Waals surface area (Å²) in [4.78, 5) is 0. The molecule has 0 spiro atoms. The molecule has 19 heavy (non-hydrogen) atoms. The number of hydrogen-bond acceptors (Lipinski definition) is 4. The monoisotopic (exact) mass is 255 g/mol. The highest BCUT2D eigenvalue weighted by Gasteiger charge is 2.04. The molecule has 2 aromatic carbocycles. The maximum Gasteiger partial charge on any atom is 0.137 e. The Morgan fingerprint density at radius 1 is 1.16 bits per heavy atom. The summed E-state index contributed by atoms with van der Waals surface area (Å²) in [5.74, 6) is 1.41. The van der Waals surface area contributed by atoms with Gasteiger partial charge in [0.25, 0.3) is 0 Å². The van der Waals surface area contributed by atoms with Crippen LogP contribution in [0.3, 0.4) is 0 Å². The first kappa shape index (κ1) is 12.8. The van der Waals surface area contributed by atoms with E-state index >= 15 is 0 Å². The van der Waals surface area contributed by atoms with Gasteiger partial charge >= 0.3 is 0 Å². The molecule has 96 valence electrons. The Balaban J connectivity index is 2.07. The van der Waals surface area contributed by atoms with Gasteiger partial charge in [-0.05, 0) is 42.0 Å². The summed E-state index contributed by atoms with van der Waals surface area (Å²) in [7, 11) is 1.53. The van der Waals surface area contributed by atoms with Gasteiger partial charge in [0.05, 0.1) is 12.7 Å². The van der Waals surface area contributed by atoms with Gasteiger partial charge in [0.15, 0.2) is 0 Å². The Morgan fingerprint density at radius 2 is 1.89 bits per heavy atom. The Bertz CT molecular complexity index is 600. The number of aromatic hydroxyl groups is 1. The third-order valence-electron chi connectivity index (χ3n) is 2.63. The van der Waals surface area contributed by atoms with Crippen molar-refractivity contribution in [3.05, 3.63) is 53.6 Å². The Morgan fingerprint density at radius 3 is 2.53 bits per heavy atom. The highest BCUT2D eigenvalue weighted by molar-refractivity contribution is 5.45. The zero-order valence-corrected chi connectivity index (χ0v) is 10.5. The average Bonchev–Trinajstić information content (AvgIpc) is 2.46. The summed E-state index contributed by atoms with van der Waals surface area (Å²) >= 11 is 0. The predicted molar refractivity (Wildman–Crippen MR) is 70.1 cm³/mol. The number of phenols is 1. The fourth-order valence-electron chi connectivity index (χ4n) is 1.63. The number of hydrogen-bond donors (Lipinski definition) is 1. The van der Waals surface area contributed by atoms with Crippen LogP contribution in [0.4, 0.5) is 0 Å². The van der Waals surface area contributed by atoms with Crippen molar-refractivity contribution in [2.24, 2.45) is 0 Å². The maximum absolute atomic E-state index is 9.17. The normalized spacial score (nSPS) is 9.68. The minimum Gasteiger partial charge on any atom is -0.508 e. The Kier molecular flexibility index (Phi) is 3.89. The van der Waals surface area contributed by atoms with Crippen LogP contribution in [-0.4, -0.2) is 12.2 Å². The summed E-state index contributed by atoms with van der Waals surface area (Å²) in [6, 6.07) is 13.9. The molecule has 0 bridgehead atoms. The molecular weight excluding hydrogens is 242 g/mol. The molecule has 0 amide bonds. The van der Waals surface area contributed by atoms with Crippen molar-refractivity contribution >= 4 is 0 Å². The summed E-state index contributed by atoms with van der Waals surface area (Å²) in [5.41, 5.74) is 1.40. The maximum atomic E-state index is 9.17. The molecule has 0 atom stereocenters. The van der Waals surface area contributed by atoms with E-state index < -0.39 is 0 Å². The molecule has 1 N–H and O–H groups in total. The number of nitrogens with zero attached hydrogens (tertiary/aromatic N) is 1. The van der Waals surface area contributed by atoms with Gasteiger partial charge in [-0.1, -0.05) is 6.07 Å². The molecule has 0 saturated heterocycles. The third-order valence-corrected chi connectivity index (χ3v) is 2.63. The zero-order chi connectivity index (χ0) is 13.7. The van der Waals surface area contributed by atoms with Crippen LogP contribution in [0.15, 0.2) is 42.5 Å². The number of methoxy groups -OCH3 is 1. The van der Waals surface area contributed by atoms with Gasteiger partial charge < -0.3 is 14.6 Å². The van der Waals surface area contributed by atoms with Crippen molar-refractivity contribution in [3.63, 3.8) is 0 Å². The molecule has 0 saturated carbocycles. The van der Waals surface area contributed by atoms with Gasteiger partial charge in [0, 0.05) is 0 Å². The molecule has 0 aliphatic carbocycles. The van der Waals surface area contributed by atoms with E-state index in [2.05, 4.69) is 6.07 Å². The molecule has 4 heteroatoms. The first-order valence-electron chi connectivity index (χ1n) is 5.72. The first-order valence-corrected chi connectivity index (χ1v) is 5.72. The highest BCUT2D eigenvalue weighted by atomic mass is 16.5. The predicted octanol–water partition coefficient (Wildman–Crippen LogP) is 2.85. The minimum atomic E-state index is 0.201. The molecule has 2 aromatic rings. The van der Waals surface area contributed by atoms with Crippen molar-refractivity contribution in [2.75, 3.05) is 7.11 Å². The average molecular weight is 255 g/mol. The summed E-state index contributed by atoms with van der Waals surface area (Å²) in [5, 5.41) is 18.1. The summed E-state index contributed by atoms with van der Waals surface area (Å²) in [6.45, 7) is 0.368. The van der Waals surface area contributed by atoms with Crippen molar-refractivity contribution < 1.29 is 14.6 Å². The topological polar surface area (TPSA) is 62.5 Å². The number of benzene rings is 2. The fourth-order valence-corrected chi connectivity index (χ4v) is 1.63. The molecular formula is C15H13NO3. The Hall–Kier alpha value is -2.67. The second-order valence-corrected chi connectivity index (χ2v) is 3.93. The fraction of sp³-hybridized carbons (Fsp3) is 0.133. The number of phenolic OH excluding ortho intramolecular Hbond substituents is 1. The quantitative estimate of drug-likeness (QED) is 0.912. The SMILES string of the molecule is COc1cc(COc2ccc(O)cc2)ccc1C#N. The van der Waals surface area contributed by atoms with Gasteiger partial charge in [0.2, 0.25) is 0 Å². The van der Waals surface area contributed by atoms with Gasteiger partial charge in [-0.3, -0.25) is 0 Å². The van der Waals surface area contributed by atoms with Gasteiger partial charge in [-0.2, -0.15) is 5.26 Å². The van der Waals surface area contributed by atoms with Gasteiger partial charge in [-0.25, -0.2) is 0 Å². The Labute approximate surface area is 111 Å². The standard InChI is InChI=1S/C15H13NO3/c1-18-15-8-11(2-3-12(15)9-16)10-19-14-6-4-13(17)5-7-14/h2-8,17H,10H2,1H3. The van der Waals surface area contributed by atoms with Crippen LogP contribution < -0.4 is 9.47 Å². The molecule has 0 aliphatic heterocycles. The molecule has 0 aromatic heterocycles. The zero-order valence-electron chi connectivity index (χ0n) is 10.5. The highest BCUT2D eigenvalue weighted by Crippen LogP contribution is 2.21. The third kappa shape index (κ3) is 3.17. The molecule has 0 unspecified atom stereocenters. The van der Waals surface area contributed by atoms with Crippen molar-refractivity contribution in [1.29, 1.82) is 5.26 Å². The van der Waals surface area contributed by atoms with E-state index in [0.717, 1.165) is 5.56 Å². The summed E-state index contributed by atoms with van der Waals surface area (Å²) in [6.07, 6.45) is 0. The molecule has 4 nitrogen and oxygen atoms in total. The van der Waals surface area contributed by atoms with Crippen LogP contribution in [0.2, 0.25) is 0 Å². The molecule has 0 aliphatic rings. The van der Waals surface area contributed by atoms with E-state index in [0.29, 0.717) is 23.7 Å². The number of ether oxygens (including phenoxy) is 2. The van der Waals surface area contributed by atoms with E-state index in [1.54, 1.807) is 36.4 Å². The second kappa shape index (κ2) is 5.78. The molecule has 0 radical (unpaired) electrons. The summed E-state index contributed by atoms with van der Waals surface area (Å²) < 4.78 is 10.7. The number of rotatable bonds is 4. The van der Waals surface area contributed by atoms with E-state index in [4.69, 9.17) is 19.8 Å². The lowest BCUT2D eigenvalue weighted by atomic mass is 10.1.